The van der Waals surface area contributed by atoms with Gasteiger partial charge in [-0.05, 0) is 12.1 Å². The molecule has 0 saturated carbocycles. The maximum atomic E-state index is 13.0. The van der Waals surface area contributed by atoms with Crippen LogP contribution in [0.25, 0.3) is 22.3 Å². The van der Waals surface area contributed by atoms with E-state index >= 15 is 0 Å². The molecule has 0 radical (unpaired) electrons. The molecule has 4 aromatic rings. The first-order chi connectivity index (χ1) is 15.1. The van der Waals surface area contributed by atoms with Gasteiger partial charge in [-0.25, -0.2) is 8.78 Å². The summed E-state index contributed by atoms with van der Waals surface area (Å²) in [6.07, 6.45) is 0. The van der Waals surface area contributed by atoms with Crippen LogP contribution in [0.15, 0.2) is 72.8 Å². The standard InChI is InChI=1S/2C13H12F.C2H6Ge.2ClH.Zr/c2*1-9-6-7-10(2)13(9)11-4-3-5-12(14)8-11;1-3-2;;;/h2*3-8H,1-2H3;1-2H3;2*1H;/q2*-1;;;;+2/p-2. The van der Waals surface area contributed by atoms with Gasteiger partial charge in [0.25, 0.3) is 0 Å². The fourth-order valence-electron chi connectivity index (χ4n) is 3.65. The summed E-state index contributed by atoms with van der Waals surface area (Å²) in [4.78, 5) is 0. The molecular weight excluding hydrogens is 609 g/mol. The van der Waals surface area contributed by atoms with Crippen molar-refractivity contribution < 1.29 is 55.2 Å². The molecule has 0 saturated heterocycles. The number of hydrogen-bond acceptors (Lipinski definition) is 0. The van der Waals surface area contributed by atoms with Crippen LogP contribution in [0.4, 0.5) is 8.78 Å². The fourth-order valence-corrected chi connectivity index (χ4v) is 3.65. The van der Waals surface area contributed by atoms with Crippen LogP contribution in [0, 0.1) is 39.3 Å². The van der Waals surface area contributed by atoms with Crippen LogP contribution in [0.5, 0.6) is 0 Å². The summed E-state index contributed by atoms with van der Waals surface area (Å²) in [5.41, 5.74) is 9.05. The predicted molar refractivity (Wildman–Crippen MR) is 131 cm³/mol. The Hall–Kier alpha value is -0.994. The minimum Gasteiger partial charge on any atom is -1.00 e. The van der Waals surface area contributed by atoms with Crippen LogP contribution in [0.1, 0.15) is 22.3 Å². The number of aryl methyl sites for hydroxylation is 4. The SMILES string of the molecule is Cc1ccc(C)[c-]1-c1cccc(F)c1.Cc1ccc(C)[c-]1-c1cccc(F)c1.[CH3][Ge]([CH3])=[Zr+2].[Cl-].[Cl-]. The van der Waals surface area contributed by atoms with E-state index < -0.39 is 0 Å². The molecule has 34 heavy (non-hydrogen) atoms. The molecule has 0 aliphatic carbocycles. The van der Waals surface area contributed by atoms with Gasteiger partial charge in [-0.2, -0.15) is 0 Å². The summed E-state index contributed by atoms with van der Waals surface area (Å²) in [6, 6.07) is 21.7. The number of benzene rings is 2. The zero-order chi connectivity index (χ0) is 23.8. The van der Waals surface area contributed by atoms with E-state index in [0.717, 1.165) is 22.3 Å². The monoisotopic (exact) mass is 638 g/mol. The van der Waals surface area contributed by atoms with E-state index in [4.69, 9.17) is 0 Å². The Morgan fingerprint density at radius 1 is 0.588 bits per heavy atom. The zero-order valence-corrected chi connectivity index (χ0v) is 26.5. The van der Waals surface area contributed by atoms with Crippen molar-refractivity contribution in [2.24, 2.45) is 0 Å². The Labute approximate surface area is 231 Å². The summed E-state index contributed by atoms with van der Waals surface area (Å²) in [5, 5.41) is 0. The van der Waals surface area contributed by atoms with Crippen molar-refractivity contribution in [2.45, 2.75) is 39.2 Å². The Kier molecular flexibility index (Phi) is 15.4. The van der Waals surface area contributed by atoms with Crippen LogP contribution in [0.3, 0.4) is 0 Å². The van der Waals surface area contributed by atoms with Crippen molar-refractivity contribution in [3.05, 3.63) is 107 Å². The van der Waals surface area contributed by atoms with Gasteiger partial charge in [0.05, 0.1) is 11.6 Å². The smallest absolute Gasteiger partial charge is 1.00 e. The van der Waals surface area contributed by atoms with E-state index in [0.29, 0.717) is 0 Å². The van der Waals surface area contributed by atoms with Gasteiger partial charge in [-0.3, -0.25) is 0 Å². The van der Waals surface area contributed by atoms with Gasteiger partial charge in [0.15, 0.2) is 0 Å². The van der Waals surface area contributed by atoms with Gasteiger partial charge >= 0.3 is 43.1 Å². The summed E-state index contributed by atoms with van der Waals surface area (Å²) in [6.45, 7) is 8.20. The molecule has 4 rings (SSSR count). The molecule has 0 fully saturated rings. The quantitative estimate of drug-likeness (QED) is 0.234. The van der Waals surface area contributed by atoms with Crippen molar-refractivity contribution in [2.75, 3.05) is 0 Å². The summed E-state index contributed by atoms with van der Waals surface area (Å²) in [5.74, 6) is 4.39. The Morgan fingerprint density at radius 3 is 1.09 bits per heavy atom. The minimum atomic E-state index is -0.243. The van der Waals surface area contributed by atoms with Crippen LogP contribution in [0.2, 0.25) is 11.5 Å². The van der Waals surface area contributed by atoms with E-state index in [1.54, 1.807) is 45.9 Å². The van der Waals surface area contributed by atoms with E-state index in [1.807, 2.05) is 39.8 Å². The summed E-state index contributed by atoms with van der Waals surface area (Å²) < 4.78 is 26.0. The van der Waals surface area contributed by atoms with E-state index in [9.17, 15) is 8.78 Å². The Morgan fingerprint density at radius 2 is 0.853 bits per heavy atom. The topological polar surface area (TPSA) is 0 Å². The van der Waals surface area contributed by atoms with Gasteiger partial charge in [0.2, 0.25) is 0 Å². The van der Waals surface area contributed by atoms with Gasteiger partial charge in [-0.15, -0.1) is 69.8 Å². The second kappa shape index (κ2) is 15.9. The molecule has 0 bridgehead atoms. The molecule has 180 valence electrons. The first-order valence-corrected chi connectivity index (χ1v) is 22.2. The number of halogens is 4. The van der Waals surface area contributed by atoms with Crippen molar-refractivity contribution in [1.82, 2.24) is 0 Å². The Bertz CT molecular complexity index is 1060. The minimum absolute atomic E-state index is 0. The van der Waals surface area contributed by atoms with Crippen molar-refractivity contribution in [1.29, 1.82) is 0 Å². The molecule has 0 spiro atoms. The molecular formula is C28H30Cl2F2GeZr-2. The van der Waals surface area contributed by atoms with Crippen molar-refractivity contribution >= 4 is 9.98 Å². The van der Waals surface area contributed by atoms with Gasteiger partial charge in [0, 0.05) is 0 Å². The van der Waals surface area contributed by atoms with Crippen LogP contribution < -0.4 is 24.8 Å². The third kappa shape index (κ3) is 9.94. The van der Waals surface area contributed by atoms with E-state index in [2.05, 4.69) is 35.8 Å². The second-order valence-electron chi connectivity index (χ2n) is 8.17. The normalized spacial score (nSPS) is 9.47. The molecule has 6 heteroatoms. The first kappa shape index (κ1) is 33.0. The Balaban J connectivity index is 0.000000528. The molecule has 0 amide bonds. The molecule has 0 nitrogen and oxygen atoms in total. The van der Waals surface area contributed by atoms with Gasteiger partial charge < -0.3 is 24.8 Å². The zero-order valence-electron chi connectivity index (χ0n) is 20.4. The predicted octanol–water partition coefficient (Wildman–Crippen LogP) is 2.45. The fraction of sp³-hybridized carbons (Fsp3) is 0.214. The maximum Gasteiger partial charge on any atom is -1.00 e. The van der Waals surface area contributed by atoms with Crippen LogP contribution in [-0.4, -0.2) is 9.98 Å². The molecule has 0 aromatic heterocycles. The van der Waals surface area contributed by atoms with Crippen molar-refractivity contribution in [3.8, 4) is 22.3 Å². The molecule has 0 N–H and O–H groups in total. The molecule has 0 aliphatic heterocycles. The number of hydrogen-bond donors (Lipinski definition) is 0. The third-order valence-electron chi connectivity index (χ3n) is 4.97. The van der Waals surface area contributed by atoms with Crippen molar-refractivity contribution in [3.63, 3.8) is 0 Å². The van der Waals surface area contributed by atoms with Crippen LogP contribution in [-0.2, 0) is 21.6 Å². The molecule has 0 aliphatic rings. The van der Waals surface area contributed by atoms with E-state index in [1.165, 1.54) is 34.4 Å². The first-order valence-electron chi connectivity index (χ1n) is 10.6. The second-order valence-corrected chi connectivity index (χ2v) is 25.1. The summed E-state index contributed by atoms with van der Waals surface area (Å²) in [7, 11) is -0.243. The maximum absolute atomic E-state index is 13.0. The average Bonchev–Trinajstić information content (AvgIpc) is 3.22. The molecule has 4 aromatic carbocycles. The van der Waals surface area contributed by atoms with Gasteiger partial charge in [-0.1, -0.05) is 63.1 Å². The molecule has 0 heterocycles. The summed E-state index contributed by atoms with van der Waals surface area (Å²) >= 11 is 1.80. The average molecular weight is 639 g/mol. The van der Waals surface area contributed by atoms with Crippen LogP contribution >= 0.6 is 0 Å². The third-order valence-corrected chi connectivity index (χ3v) is 4.97. The van der Waals surface area contributed by atoms with E-state index in [-0.39, 0.29) is 46.4 Å². The molecule has 0 atom stereocenters. The van der Waals surface area contributed by atoms with Gasteiger partial charge in [0.1, 0.15) is 0 Å². The largest absolute Gasteiger partial charge is 1.00 e. The number of rotatable bonds is 2. The molecule has 0 unspecified atom stereocenters.